The molecule has 168 valence electrons. The largest absolute Gasteiger partial charge is 0.457 e. The van der Waals surface area contributed by atoms with Crippen molar-refractivity contribution in [3.8, 4) is 11.5 Å². The molecule has 0 N–H and O–H groups in total. The van der Waals surface area contributed by atoms with E-state index in [1.165, 1.54) is 11.1 Å². The molecule has 7 rings (SSSR count). The lowest BCUT2D eigenvalue weighted by molar-refractivity contribution is 0.433. The lowest BCUT2D eigenvalue weighted by atomic mass is 9.61. The second kappa shape index (κ2) is 7.84. The Morgan fingerprint density at radius 3 is 1.54 bits per heavy atom. The van der Waals surface area contributed by atoms with Gasteiger partial charge >= 0.3 is 0 Å². The number of benzene rings is 5. The predicted molar refractivity (Wildman–Crippen MR) is 148 cm³/mol. The van der Waals surface area contributed by atoms with E-state index in [1.54, 1.807) is 0 Å². The first kappa shape index (κ1) is 21.0. The number of anilines is 3. The summed E-state index contributed by atoms with van der Waals surface area (Å²) in [6, 6.07) is 40.8. The van der Waals surface area contributed by atoms with Crippen LogP contribution in [-0.4, -0.2) is 0 Å². The van der Waals surface area contributed by atoms with Gasteiger partial charge in [-0.1, -0.05) is 86.5 Å². The van der Waals surface area contributed by atoms with E-state index in [0.29, 0.717) is 0 Å². The molecule has 0 aliphatic carbocycles. The zero-order valence-corrected chi connectivity index (χ0v) is 21.8. The first-order valence-corrected chi connectivity index (χ1v) is 13.1. The van der Waals surface area contributed by atoms with Crippen molar-refractivity contribution in [3.05, 3.63) is 146 Å². The van der Waals surface area contributed by atoms with E-state index in [-0.39, 0.29) is 0 Å². The van der Waals surface area contributed by atoms with E-state index in [1.807, 2.05) is 12.1 Å². The summed E-state index contributed by atoms with van der Waals surface area (Å²) in [6.07, 6.45) is 0. The molecular formula is C31H19Br2NO. The predicted octanol–water partition coefficient (Wildman–Crippen LogP) is 9.48. The van der Waals surface area contributed by atoms with E-state index in [9.17, 15) is 0 Å². The monoisotopic (exact) mass is 579 g/mol. The van der Waals surface area contributed by atoms with Crippen molar-refractivity contribution < 1.29 is 4.74 Å². The number of para-hydroxylation sites is 3. The fraction of sp³-hybridized carbons (Fsp3) is 0.0323. The summed E-state index contributed by atoms with van der Waals surface area (Å²) < 4.78 is 8.55. The fourth-order valence-electron chi connectivity index (χ4n) is 5.71. The summed E-state index contributed by atoms with van der Waals surface area (Å²) in [5.74, 6) is 1.75. The van der Waals surface area contributed by atoms with Gasteiger partial charge in [-0.15, -0.1) is 0 Å². The van der Waals surface area contributed by atoms with E-state index < -0.39 is 5.41 Å². The Bertz CT molecular complexity index is 1510. The van der Waals surface area contributed by atoms with E-state index in [4.69, 9.17) is 4.74 Å². The van der Waals surface area contributed by atoms with E-state index >= 15 is 0 Å². The Morgan fingerprint density at radius 2 is 1.00 bits per heavy atom. The van der Waals surface area contributed by atoms with E-state index in [0.717, 1.165) is 48.6 Å². The molecule has 35 heavy (non-hydrogen) atoms. The van der Waals surface area contributed by atoms with E-state index in [2.05, 4.69) is 140 Å². The maximum atomic E-state index is 6.50. The number of hydrogen-bond donors (Lipinski definition) is 0. The van der Waals surface area contributed by atoms with Crippen molar-refractivity contribution in [3.63, 3.8) is 0 Å². The topological polar surface area (TPSA) is 12.5 Å². The third kappa shape index (κ3) is 2.93. The van der Waals surface area contributed by atoms with Gasteiger partial charge in [0, 0.05) is 25.8 Å². The maximum absolute atomic E-state index is 6.50. The number of hydrogen-bond acceptors (Lipinski definition) is 2. The van der Waals surface area contributed by atoms with Crippen molar-refractivity contribution in [1.29, 1.82) is 0 Å². The SMILES string of the molecule is Brc1ccc2c(c1)C1(c3cc(Br)ccc3O2)c2ccccc2N(c2ccccc2)c2ccccc21. The Hall–Kier alpha value is -3.34. The quantitative estimate of drug-likeness (QED) is 0.192. The van der Waals surface area contributed by atoms with Crippen LogP contribution in [-0.2, 0) is 5.41 Å². The van der Waals surface area contributed by atoms with Gasteiger partial charge in [-0.3, -0.25) is 0 Å². The average molecular weight is 581 g/mol. The normalized spacial score (nSPS) is 14.4. The van der Waals surface area contributed by atoms with Crippen LogP contribution in [0.15, 0.2) is 124 Å². The zero-order chi connectivity index (χ0) is 23.6. The average Bonchev–Trinajstić information content (AvgIpc) is 2.90. The first-order chi connectivity index (χ1) is 17.2. The molecule has 0 saturated heterocycles. The Labute approximate surface area is 221 Å². The Balaban J connectivity index is 1.68. The van der Waals surface area contributed by atoms with Gasteiger partial charge in [0.15, 0.2) is 0 Å². The molecule has 2 aliphatic rings. The molecular weight excluding hydrogens is 562 g/mol. The third-order valence-electron chi connectivity index (χ3n) is 7.02. The molecule has 0 bridgehead atoms. The van der Waals surface area contributed by atoms with Crippen LogP contribution in [0.5, 0.6) is 11.5 Å². The highest BCUT2D eigenvalue weighted by molar-refractivity contribution is 9.10. The minimum atomic E-state index is -0.547. The Morgan fingerprint density at radius 1 is 0.514 bits per heavy atom. The molecule has 0 aromatic heterocycles. The summed E-state index contributed by atoms with van der Waals surface area (Å²) in [6.45, 7) is 0. The fourth-order valence-corrected chi connectivity index (χ4v) is 6.44. The van der Waals surface area contributed by atoms with Crippen LogP contribution in [0.1, 0.15) is 22.3 Å². The Kier molecular flexibility index (Phi) is 4.70. The first-order valence-electron chi connectivity index (χ1n) is 11.5. The molecule has 0 atom stereocenters. The number of halogens is 2. The molecule has 1 spiro atoms. The molecule has 0 saturated carbocycles. The van der Waals surface area contributed by atoms with Crippen molar-refractivity contribution in [2.45, 2.75) is 5.41 Å². The van der Waals surface area contributed by atoms with Crippen molar-refractivity contribution >= 4 is 48.9 Å². The number of fused-ring (bicyclic) bond motifs is 8. The van der Waals surface area contributed by atoms with Crippen LogP contribution < -0.4 is 9.64 Å². The summed E-state index contributed by atoms with van der Waals surface area (Å²) in [7, 11) is 0. The minimum Gasteiger partial charge on any atom is -0.457 e. The van der Waals surface area contributed by atoms with Gasteiger partial charge in [-0.25, -0.2) is 0 Å². The number of ether oxygens (including phenoxy) is 1. The number of rotatable bonds is 1. The summed E-state index contributed by atoms with van der Waals surface area (Å²) >= 11 is 7.50. The van der Waals surface area contributed by atoms with Crippen LogP contribution in [0.4, 0.5) is 17.1 Å². The van der Waals surface area contributed by atoms with Gasteiger partial charge in [0.05, 0.1) is 16.8 Å². The third-order valence-corrected chi connectivity index (χ3v) is 8.01. The molecule has 5 aromatic rings. The lowest BCUT2D eigenvalue weighted by Crippen LogP contribution is -2.39. The van der Waals surface area contributed by atoms with Gasteiger partial charge in [-0.05, 0) is 71.8 Å². The van der Waals surface area contributed by atoms with Gasteiger partial charge in [0.1, 0.15) is 11.5 Å². The lowest BCUT2D eigenvalue weighted by Gasteiger charge is -2.48. The molecule has 2 heterocycles. The van der Waals surface area contributed by atoms with Crippen LogP contribution in [0.3, 0.4) is 0 Å². The zero-order valence-electron chi connectivity index (χ0n) is 18.6. The van der Waals surface area contributed by atoms with Crippen LogP contribution in [0.25, 0.3) is 0 Å². The van der Waals surface area contributed by atoms with Crippen molar-refractivity contribution in [2.24, 2.45) is 0 Å². The number of nitrogens with zero attached hydrogens (tertiary/aromatic N) is 1. The van der Waals surface area contributed by atoms with Crippen molar-refractivity contribution in [1.82, 2.24) is 0 Å². The second-order valence-corrected chi connectivity index (χ2v) is 10.7. The second-order valence-electron chi connectivity index (χ2n) is 8.84. The highest BCUT2D eigenvalue weighted by Crippen LogP contribution is 2.63. The molecule has 2 aliphatic heterocycles. The molecule has 5 aromatic carbocycles. The molecule has 4 heteroatoms. The molecule has 0 radical (unpaired) electrons. The van der Waals surface area contributed by atoms with Gasteiger partial charge in [0.2, 0.25) is 0 Å². The van der Waals surface area contributed by atoms with Crippen molar-refractivity contribution in [2.75, 3.05) is 4.90 Å². The molecule has 0 amide bonds. The summed E-state index contributed by atoms with van der Waals surface area (Å²) in [5.41, 5.74) is 7.63. The summed E-state index contributed by atoms with van der Waals surface area (Å²) in [5, 5.41) is 0. The van der Waals surface area contributed by atoms with Gasteiger partial charge in [-0.2, -0.15) is 0 Å². The smallest absolute Gasteiger partial charge is 0.132 e. The molecule has 2 nitrogen and oxygen atoms in total. The van der Waals surface area contributed by atoms with Crippen LogP contribution in [0, 0.1) is 0 Å². The molecule has 0 unspecified atom stereocenters. The highest BCUT2D eigenvalue weighted by atomic mass is 79.9. The van der Waals surface area contributed by atoms with Gasteiger partial charge in [0.25, 0.3) is 0 Å². The minimum absolute atomic E-state index is 0.547. The standard InChI is InChI=1S/C31H19Br2NO/c32-20-14-16-29-25(18-20)31(26-19-21(33)15-17-30(26)35-29)23-10-4-6-12-27(23)34(22-8-2-1-3-9-22)28-13-7-5-11-24(28)31/h1-19H. The van der Waals surface area contributed by atoms with Crippen LogP contribution >= 0.6 is 31.9 Å². The summed E-state index contributed by atoms with van der Waals surface area (Å²) in [4.78, 5) is 2.38. The highest BCUT2D eigenvalue weighted by Gasteiger charge is 2.51. The van der Waals surface area contributed by atoms with Gasteiger partial charge < -0.3 is 9.64 Å². The van der Waals surface area contributed by atoms with Crippen LogP contribution in [0.2, 0.25) is 0 Å². The molecule has 0 fully saturated rings. The maximum Gasteiger partial charge on any atom is 0.132 e.